The smallest absolute Gasteiger partial charge is 0.322 e. The van der Waals surface area contributed by atoms with E-state index in [9.17, 15) is 14.0 Å². The molecule has 2 N–H and O–H groups in total. The summed E-state index contributed by atoms with van der Waals surface area (Å²) in [6, 6.07) is 3.58. The maximum Gasteiger partial charge on any atom is 0.322 e. The molecule has 0 aromatic heterocycles. The molecule has 1 saturated heterocycles. The third kappa shape index (κ3) is 2.74. The summed E-state index contributed by atoms with van der Waals surface area (Å²) in [5.41, 5.74) is 0.945. The number of aryl methyl sites for hydroxylation is 1. The Morgan fingerprint density at radius 1 is 1.45 bits per heavy atom. The summed E-state index contributed by atoms with van der Waals surface area (Å²) < 4.78 is 13.6. The molecule has 0 saturated carbocycles. The van der Waals surface area contributed by atoms with E-state index in [1.165, 1.54) is 11.0 Å². The second-order valence-electron chi connectivity index (χ2n) is 5.08. The summed E-state index contributed by atoms with van der Waals surface area (Å²) in [6.45, 7) is 3.85. The van der Waals surface area contributed by atoms with Gasteiger partial charge in [0.25, 0.3) is 0 Å². The molecule has 108 valence electrons. The lowest BCUT2D eigenvalue weighted by atomic mass is 10.0. The zero-order valence-electron chi connectivity index (χ0n) is 11.4. The average Bonchev–Trinajstić information content (AvgIpc) is 2.76. The first-order valence-corrected chi connectivity index (χ1v) is 6.46. The molecule has 1 fully saturated rings. The number of urea groups is 1. The van der Waals surface area contributed by atoms with Gasteiger partial charge >= 0.3 is 12.0 Å². The SMILES string of the molecule is Cc1ccc(F)c(NC(=O)N2CCC(C(=O)O)C2C)c1. The van der Waals surface area contributed by atoms with Crippen molar-refractivity contribution in [3.8, 4) is 0 Å². The summed E-state index contributed by atoms with van der Waals surface area (Å²) in [6.07, 6.45) is 0.417. The van der Waals surface area contributed by atoms with Gasteiger partial charge in [0.1, 0.15) is 5.82 Å². The van der Waals surface area contributed by atoms with E-state index in [1.807, 2.05) is 0 Å². The van der Waals surface area contributed by atoms with E-state index in [1.54, 1.807) is 26.0 Å². The number of anilines is 1. The molecule has 1 heterocycles. The van der Waals surface area contributed by atoms with Crippen LogP contribution < -0.4 is 5.32 Å². The number of nitrogens with zero attached hydrogens (tertiary/aromatic N) is 1. The van der Waals surface area contributed by atoms with E-state index in [-0.39, 0.29) is 5.69 Å². The number of likely N-dealkylation sites (tertiary alicyclic amines) is 1. The summed E-state index contributed by atoms with van der Waals surface area (Å²) >= 11 is 0. The fraction of sp³-hybridized carbons (Fsp3) is 0.429. The van der Waals surface area contributed by atoms with Crippen LogP contribution in [0.4, 0.5) is 14.9 Å². The zero-order valence-corrected chi connectivity index (χ0v) is 11.4. The lowest BCUT2D eigenvalue weighted by Gasteiger charge is -2.23. The number of rotatable bonds is 2. The van der Waals surface area contributed by atoms with Crippen LogP contribution in [0.25, 0.3) is 0 Å². The van der Waals surface area contributed by atoms with Crippen molar-refractivity contribution in [2.45, 2.75) is 26.3 Å². The number of carbonyl (C=O) groups excluding carboxylic acids is 1. The Labute approximate surface area is 116 Å². The molecule has 2 unspecified atom stereocenters. The highest BCUT2D eigenvalue weighted by molar-refractivity contribution is 5.90. The molecule has 5 nitrogen and oxygen atoms in total. The molecule has 0 spiro atoms. The van der Waals surface area contributed by atoms with Gasteiger partial charge in [-0.1, -0.05) is 6.07 Å². The topological polar surface area (TPSA) is 69.6 Å². The molecule has 1 aliphatic rings. The average molecular weight is 280 g/mol. The Kier molecular flexibility index (Phi) is 3.92. The van der Waals surface area contributed by atoms with Crippen molar-refractivity contribution in [1.29, 1.82) is 0 Å². The maximum absolute atomic E-state index is 13.6. The van der Waals surface area contributed by atoms with Crippen molar-refractivity contribution in [2.75, 3.05) is 11.9 Å². The van der Waals surface area contributed by atoms with Gasteiger partial charge in [-0.2, -0.15) is 0 Å². The van der Waals surface area contributed by atoms with Gasteiger partial charge in [-0.05, 0) is 38.0 Å². The van der Waals surface area contributed by atoms with Crippen molar-refractivity contribution in [3.05, 3.63) is 29.6 Å². The summed E-state index contributed by atoms with van der Waals surface area (Å²) in [4.78, 5) is 24.6. The first-order chi connectivity index (χ1) is 9.40. The molecule has 2 atom stereocenters. The quantitative estimate of drug-likeness (QED) is 0.874. The van der Waals surface area contributed by atoms with E-state index >= 15 is 0 Å². The number of amides is 2. The van der Waals surface area contributed by atoms with E-state index in [2.05, 4.69) is 5.32 Å². The highest BCUT2D eigenvalue weighted by Crippen LogP contribution is 2.25. The van der Waals surface area contributed by atoms with Gasteiger partial charge in [-0.25, -0.2) is 9.18 Å². The van der Waals surface area contributed by atoms with Crippen LogP contribution in [0, 0.1) is 18.7 Å². The number of hydrogen-bond acceptors (Lipinski definition) is 2. The van der Waals surface area contributed by atoms with Crippen molar-refractivity contribution in [1.82, 2.24) is 4.90 Å². The number of carboxylic acids is 1. The van der Waals surface area contributed by atoms with Crippen LogP contribution in [-0.2, 0) is 4.79 Å². The normalized spacial score (nSPS) is 21.9. The van der Waals surface area contributed by atoms with Crippen molar-refractivity contribution in [2.24, 2.45) is 5.92 Å². The van der Waals surface area contributed by atoms with Gasteiger partial charge in [0.05, 0.1) is 11.6 Å². The molecule has 0 radical (unpaired) electrons. The molecule has 2 rings (SSSR count). The number of carboxylic acid groups (broad SMARTS) is 1. The highest BCUT2D eigenvalue weighted by atomic mass is 19.1. The van der Waals surface area contributed by atoms with Gasteiger partial charge in [0.2, 0.25) is 0 Å². The first-order valence-electron chi connectivity index (χ1n) is 6.46. The van der Waals surface area contributed by atoms with Crippen molar-refractivity contribution in [3.63, 3.8) is 0 Å². The van der Waals surface area contributed by atoms with Crippen LogP contribution in [0.1, 0.15) is 18.9 Å². The monoisotopic (exact) mass is 280 g/mol. The minimum Gasteiger partial charge on any atom is -0.481 e. The minimum absolute atomic E-state index is 0.112. The largest absolute Gasteiger partial charge is 0.481 e. The number of halogens is 1. The lowest BCUT2D eigenvalue weighted by molar-refractivity contribution is -0.142. The molecule has 6 heteroatoms. The Morgan fingerprint density at radius 3 is 2.75 bits per heavy atom. The Bertz CT molecular complexity index is 547. The number of carbonyl (C=O) groups is 2. The molecule has 2 amide bonds. The maximum atomic E-state index is 13.6. The predicted octanol–water partition coefficient (Wildman–Crippen LogP) is 2.46. The third-order valence-corrected chi connectivity index (χ3v) is 3.70. The van der Waals surface area contributed by atoms with Gasteiger partial charge in [-0.3, -0.25) is 4.79 Å². The van der Waals surface area contributed by atoms with Crippen LogP contribution >= 0.6 is 0 Å². The van der Waals surface area contributed by atoms with Gasteiger partial charge in [-0.15, -0.1) is 0 Å². The fourth-order valence-electron chi connectivity index (χ4n) is 2.48. The number of aliphatic carboxylic acids is 1. The molecule has 1 aliphatic heterocycles. The van der Waals surface area contributed by atoms with Gasteiger partial charge in [0.15, 0.2) is 0 Å². The number of hydrogen-bond donors (Lipinski definition) is 2. The molecule has 0 bridgehead atoms. The Morgan fingerprint density at radius 2 is 2.15 bits per heavy atom. The number of nitrogens with one attached hydrogen (secondary N) is 1. The van der Waals surface area contributed by atoms with Crippen LogP contribution in [0.5, 0.6) is 0 Å². The van der Waals surface area contributed by atoms with Crippen molar-refractivity contribution < 1.29 is 19.1 Å². The van der Waals surface area contributed by atoms with Crippen LogP contribution in [0.3, 0.4) is 0 Å². The fourth-order valence-corrected chi connectivity index (χ4v) is 2.48. The second kappa shape index (κ2) is 5.48. The molecule has 0 aliphatic carbocycles. The molecular formula is C14H17FN2O3. The second-order valence-corrected chi connectivity index (χ2v) is 5.08. The van der Waals surface area contributed by atoms with Crippen LogP contribution in [0.2, 0.25) is 0 Å². The molecule has 1 aromatic carbocycles. The zero-order chi connectivity index (χ0) is 14.9. The van der Waals surface area contributed by atoms with E-state index in [4.69, 9.17) is 5.11 Å². The standard InChI is InChI=1S/C14H17FN2O3/c1-8-3-4-11(15)12(7-8)16-14(20)17-6-5-10(9(17)2)13(18)19/h3-4,7,9-10H,5-6H2,1-2H3,(H,16,20)(H,18,19). The minimum atomic E-state index is -0.908. The summed E-state index contributed by atoms with van der Waals surface area (Å²) in [7, 11) is 0. The van der Waals surface area contributed by atoms with Crippen LogP contribution in [-0.4, -0.2) is 34.6 Å². The summed E-state index contributed by atoms with van der Waals surface area (Å²) in [5, 5.41) is 11.5. The van der Waals surface area contributed by atoms with E-state index in [0.29, 0.717) is 13.0 Å². The predicted molar refractivity (Wildman–Crippen MR) is 72.1 cm³/mol. The lowest BCUT2D eigenvalue weighted by Crippen LogP contribution is -2.40. The molecule has 1 aromatic rings. The van der Waals surface area contributed by atoms with Gasteiger partial charge < -0.3 is 15.3 Å². The van der Waals surface area contributed by atoms with E-state index in [0.717, 1.165) is 5.56 Å². The third-order valence-electron chi connectivity index (χ3n) is 3.70. The molecule has 20 heavy (non-hydrogen) atoms. The Hall–Kier alpha value is -2.11. The highest BCUT2D eigenvalue weighted by Gasteiger charge is 2.38. The van der Waals surface area contributed by atoms with Crippen LogP contribution in [0.15, 0.2) is 18.2 Å². The molecular weight excluding hydrogens is 263 g/mol. The first kappa shape index (κ1) is 14.3. The Balaban J connectivity index is 2.09. The summed E-state index contributed by atoms with van der Waals surface area (Å²) in [5.74, 6) is -1.98. The van der Waals surface area contributed by atoms with Gasteiger partial charge in [0, 0.05) is 12.6 Å². The van der Waals surface area contributed by atoms with E-state index < -0.39 is 29.8 Å². The number of benzene rings is 1. The van der Waals surface area contributed by atoms with Crippen molar-refractivity contribution >= 4 is 17.7 Å².